The molecule has 0 fully saturated rings. The zero-order chi connectivity index (χ0) is 11.3. The van der Waals surface area contributed by atoms with Gasteiger partial charge in [-0.25, -0.2) is 0 Å². The maximum absolute atomic E-state index is 6.10. The Morgan fingerprint density at radius 3 is 2.80 bits per heavy atom. The molecule has 0 saturated heterocycles. The van der Waals surface area contributed by atoms with Gasteiger partial charge in [-0.2, -0.15) is 0 Å². The quantitative estimate of drug-likeness (QED) is 0.833. The fourth-order valence-corrected chi connectivity index (χ4v) is 1.76. The van der Waals surface area contributed by atoms with Gasteiger partial charge in [0.05, 0.1) is 17.3 Å². The monoisotopic (exact) mass is 227 g/mol. The van der Waals surface area contributed by atoms with Crippen LogP contribution in [-0.2, 0) is 4.74 Å². The molecule has 0 heterocycles. The molecule has 0 aliphatic heterocycles. The lowest BCUT2D eigenvalue weighted by Gasteiger charge is -2.15. The summed E-state index contributed by atoms with van der Waals surface area (Å²) in [5.41, 5.74) is 2.20. The highest BCUT2D eigenvalue weighted by atomic mass is 35.5. The molecule has 0 aliphatic rings. The summed E-state index contributed by atoms with van der Waals surface area (Å²) >= 11 is 6.10. The third-order valence-corrected chi connectivity index (χ3v) is 2.62. The minimum absolute atomic E-state index is 0.477. The van der Waals surface area contributed by atoms with E-state index < -0.39 is 0 Å². The molecule has 0 aromatic heterocycles. The van der Waals surface area contributed by atoms with Crippen LogP contribution in [0.3, 0.4) is 0 Å². The number of nitrogens with one attached hydrogen (secondary N) is 1. The number of hydrogen-bond donors (Lipinski definition) is 1. The van der Waals surface area contributed by atoms with E-state index in [9.17, 15) is 0 Å². The van der Waals surface area contributed by atoms with Crippen molar-refractivity contribution in [1.82, 2.24) is 0 Å². The second kappa shape index (κ2) is 5.99. The summed E-state index contributed by atoms with van der Waals surface area (Å²) in [5.74, 6) is 0.477. The Labute approximate surface area is 96.6 Å². The number of aryl methyl sites for hydroxylation is 1. The molecule has 0 aliphatic carbocycles. The molecule has 0 radical (unpaired) electrons. The fourth-order valence-electron chi connectivity index (χ4n) is 1.48. The lowest BCUT2D eigenvalue weighted by molar-refractivity contribution is 0.164. The normalized spacial score (nSPS) is 12.5. The van der Waals surface area contributed by atoms with Crippen LogP contribution in [-0.4, -0.2) is 20.3 Å². The van der Waals surface area contributed by atoms with Crippen molar-refractivity contribution in [3.05, 3.63) is 28.8 Å². The van der Waals surface area contributed by atoms with Gasteiger partial charge in [0.2, 0.25) is 0 Å². The summed E-state index contributed by atoms with van der Waals surface area (Å²) in [6.45, 7) is 5.83. The van der Waals surface area contributed by atoms with Crippen LogP contribution < -0.4 is 5.32 Å². The van der Waals surface area contributed by atoms with Crippen LogP contribution in [0.2, 0.25) is 5.02 Å². The van der Waals surface area contributed by atoms with Crippen molar-refractivity contribution in [1.29, 1.82) is 0 Å². The van der Waals surface area contributed by atoms with Crippen molar-refractivity contribution in [2.75, 3.05) is 25.6 Å². The van der Waals surface area contributed by atoms with Crippen molar-refractivity contribution in [2.45, 2.75) is 13.8 Å². The van der Waals surface area contributed by atoms with Gasteiger partial charge in [-0.05, 0) is 24.5 Å². The second-order valence-electron chi connectivity index (χ2n) is 3.87. The largest absolute Gasteiger partial charge is 0.384 e. The summed E-state index contributed by atoms with van der Waals surface area (Å²) < 4.78 is 5.08. The molecule has 1 aromatic carbocycles. The van der Waals surface area contributed by atoms with Gasteiger partial charge in [-0.3, -0.25) is 0 Å². The van der Waals surface area contributed by atoms with Crippen LogP contribution in [0, 0.1) is 12.8 Å². The molecule has 0 amide bonds. The summed E-state index contributed by atoms with van der Waals surface area (Å²) in [7, 11) is 1.72. The van der Waals surface area contributed by atoms with Crippen LogP contribution in [0.15, 0.2) is 18.2 Å². The Balaban J connectivity index is 2.57. The van der Waals surface area contributed by atoms with Crippen molar-refractivity contribution in [3.8, 4) is 0 Å². The van der Waals surface area contributed by atoms with Gasteiger partial charge < -0.3 is 10.1 Å². The lowest BCUT2D eigenvalue weighted by Crippen LogP contribution is -2.16. The van der Waals surface area contributed by atoms with Gasteiger partial charge in [0.15, 0.2) is 0 Å². The highest BCUT2D eigenvalue weighted by Gasteiger charge is 2.05. The molecule has 1 N–H and O–H groups in total. The maximum Gasteiger partial charge on any atom is 0.0640 e. The Hall–Kier alpha value is -0.730. The van der Waals surface area contributed by atoms with Crippen LogP contribution in [0.5, 0.6) is 0 Å². The fraction of sp³-hybridized carbons (Fsp3) is 0.500. The summed E-state index contributed by atoms with van der Waals surface area (Å²) in [4.78, 5) is 0. The molecule has 0 saturated carbocycles. The van der Waals surface area contributed by atoms with Gasteiger partial charge in [-0.15, -0.1) is 0 Å². The molecule has 0 bridgehead atoms. The average Bonchev–Trinajstić information content (AvgIpc) is 2.17. The zero-order valence-electron chi connectivity index (χ0n) is 9.51. The number of anilines is 1. The van der Waals surface area contributed by atoms with Gasteiger partial charge in [0.1, 0.15) is 0 Å². The molecule has 3 heteroatoms. The van der Waals surface area contributed by atoms with E-state index in [0.29, 0.717) is 5.92 Å². The topological polar surface area (TPSA) is 21.3 Å². The molecule has 2 nitrogen and oxygen atoms in total. The zero-order valence-corrected chi connectivity index (χ0v) is 10.3. The molecule has 15 heavy (non-hydrogen) atoms. The molecule has 0 spiro atoms. The van der Waals surface area contributed by atoms with Crippen LogP contribution in [0.25, 0.3) is 0 Å². The lowest BCUT2D eigenvalue weighted by atomic mass is 10.1. The van der Waals surface area contributed by atoms with E-state index >= 15 is 0 Å². The van der Waals surface area contributed by atoms with E-state index in [1.165, 1.54) is 5.56 Å². The number of benzene rings is 1. The summed E-state index contributed by atoms with van der Waals surface area (Å²) in [5, 5.41) is 4.13. The Morgan fingerprint density at radius 2 is 2.20 bits per heavy atom. The smallest absolute Gasteiger partial charge is 0.0640 e. The first-order valence-electron chi connectivity index (χ1n) is 5.13. The second-order valence-corrected chi connectivity index (χ2v) is 4.28. The average molecular weight is 228 g/mol. The number of ether oxygens (including phenoxy) is 1. The first-order valence-corrected chi connectivity index (χ1v) is 5.51. The van der Waals surface area contributed by atoms with Gasteiger partial charge in [-0.1, -0.05) is 30.7 Å². The molecular formula is C12H18ClNO. The molecule has 1 aromatic rings. The van der Waals surface area contributed by atoms with E-state index in [2.05, 4.69) is 25.2 Å². The van der Waals surface area contributed by atoms with Crippen molar-refractivity contribution in [2.24, 2.45) is 5.92 Å². The summed E-state index contributed by atoms with van der Waals surface area (Å²) in [6.07, 6.45) is 0. The predicted molar refractivity (Wildman–Crippen MR) is 65.7 cm³/mol. The van der Waals surface area contributed by atoms with Crippen LogP contribution in [0.4, 0.5) is 5.69 Å². The summed E-state index contributed by atoms with van der Waals surface area (Å²) in [6, 6.07) is 5.91. The molecule has 1 atom stereocenters. The minimum atomic E-state index is 0.477. The highest BCUT2D eigenvalue weighted by Crippen LogP contribution is 2.25. The number of hydrogen-bond acceptors (Lipinski definition) is 2. The Bertz CT molecular complexity index is 294. The van der Waals surface area contributed by atoms with E-state index in [0.717, 1.165) is 23.9 Å². The molecule has 1 unspecified atom stereocenters. The molecule has 84 valence electrons. The Kier molecular flexibility index (Phi) is 4.92. The van der Waals surface area contributed by atoms with Crippen LogP contribution >= 0.6 is 11.6 Å². The van der Waals surface area contributed by atoms with Gasteiger partial charge in [0, 0.05) is 13.7 Å². The third-order valence-electron chi connectivity index (χ3n) is 2.30. The van der Waals surface area contributed by atoms with Crippen LogP contribution in [0.1, 0.15) is 12.5 Å². The van der Waals surface area contributed by atoms with Gasteiger partial charge >= 0.3 is 0 Å². The van der Waals surface area contributed by atoms with Crippen molar-refractivity contribution in [3.63, 3.8) is 0 Å². The standard InChI is InChI=1S/C12H18ClNO/c1-9(8-15-3)7-14-12-10(2)5-4-6-11(12)13/h4-6,9,14H,7-8H2,1-3H3. The maximum atomic E-state index is 6.10. The number of methoxy groups -OCH3 is 1. The molecular weight excluding hydrogens is 210 g/mol. The first kappa shape index (κ1) is 12.3. The van der Waals surface area contributed by atoms with Crippen molar-refractivity contribution >= 4 is 17.3 Å². The van der Waals surface area contributed by atoms with E-state index in [4.69, 9.17) is 16.3 Å². The number of para-hydroxylation sites is 1. The number of halogens is 1. The van der Waals surface area contributed by atoms with Gasteiger partial charge in [0.25, 0.3) is 0 Å². The minimum Gasteiger partial charge on any atom is -0.384 e. The highest BCUT2D eigenvalue weighted by molar-refractivity contribution is 6.33. The molecule has 1 rings (SSSR count). The Morgan fingerprint density at radius 1 is 1.47 bits per heavy atom. The first-order chi connectivity index (χ1) is 7.15. The van der Waals surface area contributed by atoms with E-state index in [1.807, 2.05) is 12.1 Å². The third kappa shape index (κ3) is 3.73. The van der Waals surface area contributed by atoms with Crippen molar-refractivity contribution < 1.29 is 4.74 Å². The predicted octanol–water partition coefficient (Wildman–Crippen LogP) is 3.34. The number of rotatable bonds is 5. The van der Waals surface area contributed by atoms with E-state index in [-0.39, 0.29) is 0 Å². The SMILES string of the molecule is COCC(C)CNc1c(C)cccc1Cl. The van der Waals surface area contributed by atoms with E-state index in [1.54, 1.807) is 7.11 Å².